The van der Waals surface area contributed by atoms with Crippen LogP contribution >= 0.6 is 15.9 Å². The molecule has 4 heteroatoms. The molecule has 0 heterocycles. The number of nitrogens with one attached hydrogen (secondary N) is 1. The zero-order valence-electron chi connectivity index (χ0n) is 11.0. The average molecular weight is 316 g/mol. The summed E-state index contributed by atoms with van der Waals surface area (Å²) in [4.78, 5) is 12.0. The number of rotatable bonds is 5. The van der Waals surface area contributed by atoms with Crippen LogP contribution < -0.4 is 5.32 Å². The van der Waals surface area contributed by atoms with E-state index in [1.54, 1.807) is 12.1 Å². The number of carbonyl (C=O) groups is 1. The first-order chi connectivity index (χ1) is 8.51. The highest BCUT2D eigenvalue weighted by Crippen LogP contribution is 2.19. The van der Waals surface area contributed by atoms with E-state index in [2.05, 4.69) is 35.1 Å². The maximum absolute atomic E-state index is 13.8. The molecule has 1 amide bonds. The zero-order chi connectivity index (χ0) is 13.7. The number of hydrogen-bond acceptors (Lipinski definition) is 1. The van der Waals surface area contributed by atoms with Gasteiger partial charge in [-0.3, -0.25) is 4.79 Å². The van der Waals surface area contributed by atoms with Crippen LogP contribution in [0.1, 0.15) is 44.0 Å². The summed E-state index contributed by atoms with van der Waals surface area (Å²) in [5.41, 5.74) is 0.0854. The molecule has 0 spiro atoms. The number of halogens is 2. The minimum absolute atomic E-state index is 0.0471. The SMILES string of the molecule is CCC(CC)C(C)NC(=O)c1cccc(Br)c1F. The zero-order valence-corrected chi connectivity index (χ0v) is 12.6. The summed E-state index contributed by atoms with van der Waals surface area (Å²) in [7, 11) is 0. The first-order valence-electron chi connectivity index (χ1n) is 6.26. The van der Waals surface area contributed by atoms with Crippen LogP contribution in [0.25, 0.3) is 0 Å². The molecule has 1 aromatic rings. The molecule has 1 unspecified atom stereocenters. The Kier molecular flexibility index (Phi) is 5.79. The summed E-state index contributed by atoms with van der Waals surface area (Å²) in [5.74, 6) is -0.441. The minimum Gasteiger partial charge on any atom is -0.349 e. The molecule has 0 bridgehead atoms. The van der Waals surface area contributed by atoms with Crippen molar-refractivity contribution in [1.82, 2.24) is 5.32 Å². The van der Waals surface area contributed by atoms with Gasteiger partial charge >= 0.3 is 0 Å². The lowest BCUT2D eigenvalue weighted by atomic mass is 9.95. The van der Waals surface area contributed by atoms with Crippen molar-refractivity contribution in [2.45, 2.75) is 39.7 Å². The fourth-order valence-corrected chi connectivity index (χ4v) is 2.44. The predicted octanol–water partition coefficient (Wildman–Crippen LogP) is 4.14. The van der Waals surface area contributed by atoms with E-state index in [4.69, 9.17) is 0 Å². The largest absolute Gasteiger partial charge is 0.349 e. The van der Waals surface area contributed by atoms with E-state index in [-0.39, 0.29) is 17.5 Å². The second-order valence-electron chi connectivity index (χ2n) is 4.44. The van der Waals surface area contributed by atoms with Crippen molar-refractivity contribution in [1.29, 1.82) is 0 Å². The second kappa shape index (κ2) is 6.88. The first-order valence-corrected chi connectivity index (χ1v) is 7.05. The molecule has 1 atom stereocenters. The van der Waals surface area contributed by atoms with Crippen LogP contribution in [-0.4, -0.2) is 11.9 Å². The highest BCUT2D eigenvalue weighted by atomic mass is 79.9. The smallest absolute Gasteiger partial charge is 0.254 e. The molecule has 1 aromatic carbocycles. The molecule has 0 saturated carbocycles. The topological polar surface area (TPSA) is 29.1 Å². The van der Waals surface area contributed by atoms with Crippen LogP contribution in [0.5, 0.6) is 0 Å². The second-order valence-corrected chi connectivity index (χ2v) is 5.29. The van der Waals surface area contributed by atoms with Gasteiger partial charge in [0.1, 0.15) is 5.82 Å². The van der Waals surface area contributed by atoms with Crippen molar-refractivity contribution in [3.63, 3.8) is 0 Å². The molecular formula is C14H19BrFNO. The molecule has 0 radical (unpaired) electrons. The Morgan fingerprint density at radius 2 is 2.00 bits per heavy atom. The lowest BCUT2D eigenvalue weighted by Gasteiger charge is -2.22. The Balaban J connectivity index is 2.79. The van der Waals surface area contributed by atoms with E-state index < -0.39 is 5.82 Å². The third-order valence-corrected chi connectivity index (χ3v) is 3.92. The lowest BCUT2D eigenvalue weighted by Crippen LogP contribution is -2.38. The molecule has 100 valence electrons. The van der Waals surface area contributed by atoms with Crippen molar-refractivity contribution >= 4 is 21.8 Å². The van der Waals surface area contributed by atoms with Crippen molar-refractivity contribution in [3.05, 3.63) is 34.1 Å². The third-order valence-electron chi connectivity index (χ3n) is 3.31. The quantitative estimate of drug-likeness (QED) is 0.869. The van der Waals surface area contributed by atoms with Crippen LogP contribution in [0.15, 0.2) is 22.7 Å². The van der Waals surface area contributed by atoms with Gasteiger partial charge in [0.25, 0.3) is 5.91 Å². The number of benzene rings is 1. The highest BCUT2D eigenvalue weighted by molar-refractivity contribution is 9.10. The van der Waals surface area contributed by atoms with Gasteiger partial charge in [-0.05, 0) is 40.9 Å². The Morgan fingerprint density at radius 1 is 1.39 bits per heavy atom. The molecule has 0 aromatic heterocycles. The standard InChI is InChI=1S/C14H19BrFNO/c1-4-10(5-2)9(3)17-14(18)11-7-6-8-12(15)13(11)16/h6-10H,4-5H2,1-3H3,(H,17,18). The molecule has 0 aliphatic carbocycles. The summed E-state index contributed by atoms with van der Waals surface area (Å²) < 4.78 is 14.1. The van der Waals surface area contributed by atoms with Crippen molar-refractivity contribution in [2.75, 3.05) is 0 Å². The molecule has 0 aliphatic rings. The number of hydrogen-bond donors (Lipinski definition) is 1. The highest BCUT2D eigenvalue weighted by Gasteiger charge is 2.19. The summed E-state index contributed by atoms with van der Waals surface area (Å²) in [6, 6.07) is 4.78. The van der Waals surface area contributed by atoms with Crippen molar-refractivity contribution in [2.24, 2.45) is 5.92 Å². The molecule has 1 N–H and O–H groups in total. The van der Waals surface area contributed by atoms with Gasteiger partial charge in [0, 0.05) is 6.04 Å². The van der Waals surface area contributed by atoms with Crippen LogP contribution in [0.2, 0.25) is 0 Å². The summed E-state index contributed by atoms with van der Waals surface area (Å²) >= 11 is 3.08. The van der Waals surface area contributed by atoms with E-state index in [0.717, 1.165) is 12.8 Å². The molecule has 18 heavy (non-hydrogen) atoms. The molecule has 1 rings (SSSR count). The Bertz CT molecular complexity index is 418. The van der Waals surface area contributed by atoms with Gasteiger partial charge in [-0.25, -0.2) is 4.39 Å². The normalized spacial score (nSPS) is 12.6. The lowest BCUT2D eigenvalue weighted by molar-refractivity contribution is 0.0921. The fourth-order valence-electron chi connectivity index (χ4n) is 2.08. The maximum Gasteiger partial charge on any atom is 0.254 e. The first kappa shape index (κ1) is 15.2. The maximum atomic E-state index is 13.8. The molecule has 0 aliphatic heterocycles. The van der Waals surface area contributed by atoms with E-state index >= 15 is 0 Å². The molecular weight excluding hydrogens is 297 g/mol. The van der Waals surface area contributed by atoms with E-state index in [9.17, 15) is 9.18 Å². The summed E-state index contributed by atoms with van der Waals surface area (Å²) in [6.07, 6.45) is 2.00. The van der Waals surface area contributed by atoms with Gasteiger partial charge in [0.2, 0.25) is 0 Å². The van der Waals surface area contributed by atoms with Gasteiger partial charge in [0.05, 0.1) is 10.0 Å². The van der Waals surface area contributed by atoms with E-state index in [0.29, 0.717) is 10.4 Å². The van der Waals surface area contributed by atoms with Gasteiger partial charge in [-0.1, -0.05) is 32.8 Å². The van der Waals surface area contributed by atoms with Crippen LogP contribution in [0, 0.1) is 11.7 Å². The number of carbonyl (C=O) groups excluding carboxylic acids is 1. The monoisotopic (exact) mass is 315 g/mol. The van der Waals surface area contributed by atoms with Crippen molar-refractivity contribution < 1.29 is 9.18 Å². The van der Waals surface area contributed by atoms with Crippen molar-refractivity contribution in [3.8, 4) is 0 Å². The minimum atomic E-state index is -0.508. The van der Waals surface area contributed by atoms with Gasteiger partial charge in [-0.2, -0.15) is 0 Å². The van der Waals surface area contributed by atoms with E-state index in [1.807, 2.05) is 6.92 Å². The fraction of sp³-hybridized carbons (Fsp3) is 0.500. The third kappa shape index (κ3) is 3.55. The van der Waals surface area contributed by atoms with Gasteiger partial charge in [0.15, 0.2) is 0 Å². The molecule has 0 saturated heterocycles. The van der Waals surface area contributed by atoms with Gasteiger partial charge in [-0.15, -0.1) is 0 Å². The Morgan fingerprint density at radius 3 is 2.56 bits per heavy atom. The molecule has 0 fully saturated rings. The van der Waals surface area contributed by atoms with E-state index in [1.165, 1.54) is 6.07 Å². The van der Waals surface area contributed by atoms with Crippen LogP contribution in [0.4, 0.5) is 4.39 Å². The van der Waals surface area contributed by atoms with Crippen LogP contribution in [-0.2, 0) is 0 Å². The predicted molar refractivity (Wildman–Crippen MR) is 75.1 cm³/mol. The Labute approximate surface area is 116 Å². The Hall–Kier alpha value is -0.900. The summed E-state index contributed by atoms with van der Waals surface area (Å²) in [5, 5.41) is 2.87. The van der Waals surface area contributed by atoms with Crippen LogP contribution in [0.3, 0.4) is 0 Å². The molecule has 2 nitrogen and oxygen atoms in total. The summed E-state index contributed by atoms with van der Waals surface area (Å²) in [6.45, 7) is 6.15. The average Bonchev–Trinajstić information content (AvgIpc) is 2.34. The van der Waals surface area contributed by atoms with Gasteiger partial charge < -0.3 is 5.32 Å². The number of amides is 1.